The van der Waals surface area contributed by atoms with Gasteiger partial charge in [-0.25, -0.2) is 0 Å². The number of nitrogens with one attached hydrogen (secondary N) is 3. The summed E-state index contributed by atoms with van der Waals surface area (Å²) in [7, 11) is 2.00. The third kappa shape index (κ3) is 4.80. The first-order valence-corrected chi connectivity index (χ1v) is 9.23. The van der Waals surface area contributed by atoms with Gasteiger partial charge in [0, 0.05) is 25.2 Å². The maximum atomic E-state index is 11.8. The van der Waals surface area contributed by atoms with Gasteiger partial charge in [-0.3, -0.25) is 14.9 Å². The topological polar surface area (TPSA) is 73.5 Å². The molecule has 2 saturated heterocycles. The smallest absolute Gasteiger partial charge is 0.249 e. The van der Waals surface area contributed by atoms with Crippen molar-refractivity contribution in [3.05, 3.63) is 29.8 Å². The minimum absolute atomic E-state index is 0.181. The van der Waals surface area contributed by atoms with Gasteiger partial charge in [-0.05, 0) is 63.0 Å². The Balaban J connectivity index is 1.51. The summed E-state index contributed by atoms with van der Waals surface area (Å²) >= 11 is 0. The maximum Gasteiger partial charge on any atom is 0.249 e. The fraction of sp³-hybridized carbons (Fsp3) is 0.579. The van der Waals surface area contributed by atoms with Gasteiger partial charge in [-0.2, -0.15) is 0 Å². The molecule has 2 aliphatic heterocycles. The molecule has 1 aromatic rings. The molecule has 6 heteroatoms. The molecule has 1 unspecified atom stereocenters. The van der Waals surface area contributed by atoms with Gasteiger partial charge in [0.1, 0.15) is 6.04 Å². The fourth-order valence-corrected chi connectivity index (χ4v) is 3.64. The first kappa shape index (κ1) is 17.9. The molecule has 2 aliphatic rings. The molecule has 0 spiro atoms. The number of carbonyl (C=O) groups is 2. The Morgan fingerprint density at radius 2 is 1.84 bits per heavy atom. The fourth-order valence-electron chi connectivity index (χ4n) is 3.64. The van der Waals surface area contributed by atoms with Gasteiger partial charge in [0.25, 0.3) is 0 Å². The Morgan fingerprint density at radius 3 is 2.48 bits per heavy atom. The number of benzene rings is 1. The summed E-state index contributed by atoms with van der Waals surface area (Å²) in [6.45, 7) is 4.48. The van der Waals surface area contributed by atoms with Gasteiger partial charge < -0.3 is 15.5 Å². The normalized spacial score (nSPS) is 22.7. The number of imide groups is 1. The van der Waals surface area contributed by atoms with E-state index in [1.807, 2.05) is 19.2 Å². The summed E-state index contributed by atoms with van der Waals surface area (Å²) in [5.74, 6) is 0.212. The van der Waals surface area contributed by atoms with Crippen molar-refractivity contribution in [2.75, 3.05) is 38.5 Å². The number of likely N-dealkylation sites (N-methyl/N-ethyl adjacent to an activating group) is 1. The molecule has 6 nitrogen and oxygen atoms in total. The van der Waals surface area contributed by atoms with Crippen LogP contribution in [0.15, 0.2) is 24.3 Å². The molecule has 0 radical (unpaired) electrons. The molecule has 25 heavy (non-hydrogen) atoms. The Kier molecular flexibility index (Phi) is 6.04. The lowest BCUT2D eigenvalue weighted by atomic mass is 9.89. The van der Waals surface area contributed by atoms with E-state index in [9.17, 15) is 9.59 Å². The number of hydrogen-bond donors (Lipinski definition) is 3. The Hall–Kier alpha value is -1.92. The first-order chi connectivity index (χ1) is 12.2. The average Bonchev–Trinajstić information content (AvgIpc) is 2.63. The molecule has 2 amide bonds. The van der Waals surface area contributed by atoms with Crippen molar-refractivity contribution in [2.24, 2.45) is 0 Å². The van der Waals surface area contributed by atoms with Crippen LogP contribution in [0.4, 0.5) is 5.69 Å². The molecule has 3 N–H and O–H groups in total. The van der Waals surface area contributed by atoms with Crippen LogP contribution in [-0.2, 0) is 9.59 Å². The number of amides is 2. The number of carbonyl (C=O) groups excluding carboxylic acids is 2. The van der Waals surface area contributed by atoms with Crippen LogP contribution in [0.1, 0.15) is 37.2 Å². The highest BCUT2D eigenvalue weighted by Gasteiger charge is 2.26. The third-order valence-electron chi connectivity index (χ3n) is 5.23. The van der Waals surface area contributed by atoms with Crippen molar-refractivity contribution in [1.82, 2.24) is 15.5 Å². The number of hydrogen-bond acceptors (Lipinski definition) is 5. The van der Waals surface area contributed by atoms with Crippen LogP contribution in [0.25, 0.3) is 0 Å². The zero-order valence-corrected chi connectivity index (χ0v) is 14.9. The number of nitrogens with zero attached hydrogens (tertiary/aromatic N) is 1. The van der Waals surface area contributed by atoms with Gasteiger partial charge in [0.05, 0.1) is 0 Å². The highest BCUT2D eigenvalue weighted by atomic mass is 16.2. The molecular weight excluding hydrogens is 316 g/mol. The van der Waals surface area contributed by atoms with Crippen LogP contribution in [0.2, 0.25) is 0 Å². The van der Waals surface area contributed by atoms with Crippen molar-refractivity contribution < 1.29 is 9.59 Å². The SMILES string of the molecule is CNCCN1CCC(c2ccc(NC3CCC(=O)NC3=O)cc2)CC1. The van der Waals surface area contributed by atoms with Gasteiger partial charge in [-0.1, -0.05) is 12.1 Å². The van der Waals surface area contributed by atoms with Crippen LogP contribution in [0, 0.1) is 0 Å². The van der Waals surface area contributed by atoms with Crippen molar-refractivity contribution in [2.45, 2.75) is 37.6 Å². The number of piperidine rings is 2. The molecule has 1 atom stereocenters. The summed E-state index contributed by atoms with van der Waals surface area (Å²) in [5, 5.41) is 8.82. The highest BCUT2D eigenvalue weighted by molar-refractivity contribution is 6.01. The standard InChI is InChI=1S/C19H28N4O2/c1-20-10-13-23-11-8-15(9-12-23)14-2-4-16(5-3-14)21-17-6-7-18(24)22-19(17)25/h2-5,15,17,20-21H,6-13H2,1H3,(H,22,24,25). The summed E-state index contributed by atoms with van der Waals surface area (Å²) in [4.78, 5) is 25.6. The Morgan fingerprint density at radius 1 is 1.12 bits per heavy atom. The summed E-state index contributed by atoms with van der Waals surface area (Å²) in [6.07, 6.45) is 3.35. The largest absolute Gasteiger partial charge is 0.374 e. The second kappa shape index (κ2) is 8.45. The van der Waals surface area contributed by atoms with E-state index < -0.39 is 0 Å². The molecular formula is C19H28N4O2. The van der Waals surface area contributed by atoms with E-state index in [0.29, 0.717) is 18.8 Å². The van der Waals surface area contributed by atoms with Gasteiger partial charge in [0.15, 0.2) is 0 Å². The van der Waals surface area contributed by atoms with Crippen molar-refractivity contribution in [3.8, 4) is 0 Å². The maximum absolute atomic E-state index is 11.8. The van der Waals surface area contributed by atoms with Crippen LogP contribution in [0.5, 0.6) is 0 Å². The quantitative estimate of drug-likeness (QED) is 0.679. The van der Waals surface area contributed by atoms with Crippen LogP contribution >= 0.6 is 0 Å². The lowest BCUT2D eigenvalue weighted by molar-refractivity contribution is -0.133. The van der Waals surface area contributed by atoms with Crippen LogP contribution < -0.4 is 16.0 Å². The highest BCUT2D eigenvalue weighted by Crippen LogP contribution is 2.29. The monoisotopic (exact) mass is 344 g/mol. The minimum atomic E-state index is -0.320. The van der Waals surface area contributed by atoms with E-state index in [4.69, 9.17) is 0 Å². The van der Waals surface area contributed by atoms with E-state index in [2.05, 4.69) is 33.0 Å². The number of anilines is 1. The molecule has 0 aromatic heterocycles. The van der Waals surface area contributed by atoms with Crippen LogP contribution in [0.3, 0.4) is 0 Å². The van der Waals surface area contributed by atoms with Gasteiger partial charge in [0.2, 0.25) is 11.8 Å². The van der Waals surface area contributed by atoms with E-state index in [0.717, 1.165) is 31.9 Å². The van der Waals surface area contributed by atoms with Crippen molar-refractivity contribution in [3.63, 3.8) is 0 Å². The predicted octanol–water partition coefficient (Wildman–Crippen LogP) is 1.30. The first-order valence-electron chi connectivity index (χ1n) is 9.23. The van der Waals surface area contributed by atoms with E-state index in [1.165, 1.54) is 18.4 Å². The molecule has 2 heterocycles. The summed E-state index contributed by atoms with van der Waals surface area (Å²) in [6, 6.07) is 8.11. The van der Waals surface area contributed by atoms with Crippen molar-refractivity contribution >= 4 is 17.5 Å². The lowest BCUT2D eigenvalue weighted by Gasteiger charge is -2.32. The predicted molar refractivity (Wildman–Crippen MR) is 98.6 cm³/mol. The zero-order chi connectivity index (χ0) is 17.6. The van der Waals surface area contributed by atoms with Gasteiger partial charge in [-0.15, -0.1) is 0 Å². The number of rotatable bonds is 6. The second-order valence-corrected chi connectivity index (χ2v) is 6.99. The molecule has 3 rings (SSSR count). The summed E-state index contributed by atoms with van der Waals surface area (Å²) < 4.78 is 0. The van der Waals surface area contributed by atoms with E-state index in [-0.39, 0.29) is 17.9 Å². The van der Waals surface area contributed by atoms with Crippen LogP contribution in [-0.4, -0.2) is 56.0 Å². The lowest BCUT2D eigenvalue weighted by Crippen LogP contribution is -2.47. The third-order valence-corrected chi connectivity index (χ3v) is 5.23. The zero-order valence-electron chi connectivity index (χ0n) is 14.9. The molecule has 136 valence electrons. The molecule has 0 saturated carbocycles. The summed E-state index contributed by atoms with van der Waals surface area (Å²) in [5.41, 5.74) is 2.31. The molecule has 2 fully saturated rings. The van der Waals surface area contributed by atoms with E-state index >= 15 is 0 Å². The second-order valence-electron chi connectivity index (χ2n) is 6.99. The Bertz CT molecular complexity index is 594. The van der Waals surface area contributed by atoms with Crippen molar-refractivity contribution in [1.29, 1.82) is 0 Å². The minimum Gasteiger partial charge on any atom is -0.374 e. The molecule has 0 bridgehead atoms. The average molecular weight is 344 g/mol. The van der Waals surface area contributed by atoms with E-state index in [1.54, 1.807) is 0 Å². The number of likely N-dealkylation sites (tertiary alicyclic amines) is 1. The molecule has 0 aliphatic carbocycles. The molecule has 1 aromatic carbocycles. The Labute approximate surface area is 149 Å². The van der Waals surface area contributed by atoms with Gasteiger partial charge >= 0.3 is 0 Å².